The summed E-state index contributed by atoms with van der Waals surface area (Å²) in [6, 6.07) is 7.13. The number of nitrogens with zero attached hydrogens (tertiary/aromatic N) is 1. The van der Waals surface area contributed by atoms with Crippen molar-refractivity contribution in [2.45, 2.75) is 45.4 Å². The minimum absolute atomic E-state index is 0.0500. The molecule has 2 unspecified atom stereocenters. The normalized spacial score (nSPS) is 20.0. The first-order chi connectivity index (χ1) is 10.1. The maximum atomic E-state index is 12.4. The highest BCUT2D eigenvalue weighted by atomic mass is 16.5. The van der Waals surface area contributed by atoms with Crippen LogP contribution in [0.1, 0.15) is 32.3 Å². The fourth-order valence-electron chi connectivity index (χ4n) is 2.54. The number of methoxy groups -OCH3 is 1. The van der Waals surface area contributed by atoms with Crippen molar-refractivity contribution in [3.63, 3.8) is 0 Å². The number of para-hydroxylation sites is 1. The quantitative estimate of drug-likeness (QED) is 0.816. The van der Waals surface area contributed by atoms with Crippen molar-refractivity contribution < 1.29 is 14.3 Å². The van der Waals surface area contributed by atoms with E-state index in [0.717, 1.165) is 17.7 Å². The number of anilines is 1. The maximum absolute atomic E-state index is 12.4. The summed E-state index contributed by atoms with van der Waals surface area (Å²) < 4.78 is 5.16. The number of ether oxygens (including phenoxy) is 1. The second-order valence-electron chi connectivity index (χ2n) is 5.35. The van der Waals surface area contributed by atoms with Gasteiger partial charge < -0.3 is 10.1 Å². The van der Waals surface area contributed by atoms with Gasteiger partial charge in [0.2, 0.25) is 5.91 Å². The zero-order valence-electron chi connectivity index (χ0n) is 12.8. The van der Waals surface area contributed by atoms with Crippen LogP contribution in [-0.4, -0.2) is 35.9 Å². The molecule has 0 aromatic heterocycles. The minimum Gasteiger partial charge on any atom is -0.380 e. The number of imide groups is 1. The third-order valence-corrected chi connectivity index (χ3v) is 3.86. The van der Waals surface area contributed by atoms with Crippen molar-refractivity contribution in [1.29, 1.82) is 0 Å². The highest BCUT2D eigenvalue weighted by molar-refractivity contribution is 6.07. The molecule has 0 spiro atoms. The Morgan fingerprint density at radius 1 is 1.38 bits per heavy atom. The lowest BCUT2D eigenvalue weighted by Gasteiger charge is -2.22. The zero-order valence-corrected chi connectivity index (χ0v) is 12.8. The number of carbonyl (C=O) groups excluding carboxylic acids is 2. The van der Waals surface area contributed by atoms with Crippen LogP contribution >= 0.6 is 0 Å². The van der Waals surface area contributed by atoms with Gasteiger partial charge in [-0.3, -0.25) is 14.5 Å². The molecule has 2 atom stereocenters. The van der Waals surface area contributed by atoms with Gasteiger partial charge in [-0.25, -0.2) is 0 Å². The minimum atomic E-state index is -0.482. The Hall–Kier alpha value is -1.88. The van der Waals surface area contributed by atoms with Crippen molar-refractivity contribution in [3.8, 4) is 0 Å². The molecule has 0 bridgehead atoms. The lowest BCUT2D eigenvalue weighted by molar-refractivity contribution is -0.140. The lowest BCUT2D eigenvalue weighted by Crippen LogP contribution is -2.40. The van der Waals surface area contributed by atoms with Crippen molar-refractivity contribution in [3.05, 3.63) is 29.8 Å². The molecule has 1 N–H and O–H groups in total. The van der Waals surface area contributed by atoms with Gasteiger partial charge in [0.1, 0.15) is 6.04 Å². The molecule has 1 aliphatic heterocycles. The van der Waals surface area contributed by atoms with Gasteiger partial charge in [0, 0.05) is 24.4 Å². The predicted molar refractivity (Wildman–Crippen MR) is 80.8 cm³/mol. The monoisotopic (exact) mass is 290 g/mol. The average molecular weight is 290 g/mol. The molecule has 1 fully saturated rings. The highest BCUT2D eigenvalue weighted by Crippen LogP contribution is 2.23. The Kier molecular flexibility index (Phi) is 4.96. The average Bonchev–Trinajstić information content (AvgIpc) is 2.75. The lowest BCUT2D eigenvalue weighted by atomic mass is 10.1. The van der Waals surface area contributed by atoms with E-state index in [1.54, 1.807) is 7.11 Å². The van der Waals surface area contributed by atoms with Crippen molar-refractivity contribution in [2.75, 3.05) is 12.4 Å². The Labute approximate surface area is 125 Å². The predicted octanol–water partition coefficient (Wildman–Crippen LogP) is 2.17. The molecule has 114 valence electrons. The molecule has 5 heteroatoms. The number of rotatable bonds is 6. The molecule has 1 aliphatic rings. The zero-order chi connectivity index (χ0) is 15.4. The van der Waals surface area contributed by atoms with Gasteiger partial charge in [-0.2, -0.15) is 0 Å². The molecule has 2 rings (SSSR count). The van der Waals surface area contributed by atoms with Gasteiger partial charge in [-0.1, -0.05) is 25.1 Å². The van der Waals surface area contributed by atoms with Crippen LogP contribution in [0.3, 0.4) is 0 Å². The van der Waals surface area contributed by atoms with Crippen LogP contribution in [0.25, 0.3) is 0 Å². The largest absolute Gasteiger partial charge is 0.380 e. The molecule has 0 saturated carbocycles. The molecule has 1 saturated heterocycles. The van der Waals surface area contributed by atoms with E-state index >= 15 is 0 Å². The molecule has 0 aliphatic carbocycles. The van der Waals surface area contributed by atoms with E-state index in [-0.39, 0.29) is 24.3 Å². The number of carbonyl (C=O) groups is 2. The van der Waals surface area contributed by atoms with Gasteiger partial charge in [0.05, 0.1) is 13.0 Å². The van der Waals surface area contributed by atoms with Crippen LogP contribution in [-0.2, 0) is 20.9 Å². The molecule has 21 heavy (non-hydrogen) atoms. The summed E-state index contributed by atoms with van der Waals surface area (Å²) in [7, 11) is 1.63. The first-order valence-corrected chi connectivity index (χ1v) is 7.27. The third kappa shape index (κ3) is 3.24. The second-order valence-corrected chi connectivity index (χ2v) is 5.35. The fourth-order valence-corrected chi connectivity index (χ4v) is 2.54. The Morgan fingerprint density at radius 2 is 2.10 bits per heavy atom. The maximum Gasteiger partial charge on any atom is 0.252 e. The molecular formula is C16H22N2O3. The van der Waals surface area contributed by atoms with Crippen LogP contribution < -0.4 is 5.32 Å². The Morgan fingerprint density at radius 3 is 2.76 bits per heavy atom. The van der Waals surface area contributed by atoms with Crippen LogP contribution in [0.4, 0.5) is 5.69 Å². The van der Waals surface area contributed by atoms with E-state index in [9.17, 15) is 9.59 Å². The number of likely N-dealkylation sites (tertiary alicyclic amines) is 1. The summed E-state index contributed by atoms with van der Waals surface area (Å²) in [4.78, 5) is 25.8. The van der Waals surface area contributed by atoms with Crippen molar-refractivity contribution >= 4 is 17.5 Å². The topological polar surface area (TPSA) is 58.6 Å². The van der Waals surface area contributed by atoms with E-state index in [2.05, 4.69) is 5.32 Å². The van der Waals surface area contributed by atoms with Crippen LogP contribution in [0.15, 0.2) is 24.3 Å². The van der Waals surface area contributed by atoms with Crippen LogP contribution in [0.5, 0.6) is 0 Å². The molecule has 0 radical (unpaired) electrons. The van der Waals surface area contributed by atoms with Gasteiger partial charge in [0.25, 0.3) is 5.91 Å². The molecule has 1 heterocycles. The summed E-state index contributed by atoms with van der Waals surface area (Å²) in [6.07, 6.45) is 0.981. The number of hydrogen-bond acceptors (Lipinski definition) is 4. The van der Waals surface area contributed by atoms with E-state index in [4.69, 9.17) is 4.74 Å². The molecule has 1 aromatic rings. The van der Waals surface area contributed by atoms with Crippen LogP contribution in [0.2, 0.25) is 0 Å². The van der Waals surface area contributed by atoms with Crippen molar-refractivity contribution in [1.82, 2.24) is 4.90 Å². The summed E-state index contributed by atoms with van der Waals surface area (Å²) >= 11 is 0. The number of hydrogen-bond donors (Lipinski definition) is 1. The molecular weight excluding hydrogens is 268 g/mol. The molecule has 1 aromatic carbocycles. The summed E-state index contributed by atoms with van der Waals surface area (Å²) in [6.45, 7) is 4.34. The standard InChI is InChI=1S/C16H22N2O3/c1-4-11(2)18-15(19)9-14(16(18)20)17-13-8-6-5-7-12(13)10-21-3/h5-8,11,14,17H,4,9-10H2,1-3H3. The molecule has 5 nitrogen and oxygen atoms in total. The SMILES string of the molecule is CCC(C)N1C(=O)CC(Nc2ccccc2COC)C1=O. The number of amides is 2. The van der Waals surface area contributed by atoms with Crippen molar-refractivity contribution in [2.24, 2.45) is 0 Å². The highest BCUT2D eigenvalue weighted by Gasteiger charge is 2.40. The number of benzene rings is 1. The van der Waals surface area contributed by atoms with E-state index in [0.29, 0.717) is 6.61 Å². The van der Waals surface area contributed by atoms with E-state index < -0.39 is 6.04 Å². The molecule has 2 amide bonds. The first-order valence-electron chi connectivity index (χ1n) is 7.27. The van der Waals surface area contributed by atoms with Gasteiger partial charge >= 0.3 is 0 Å². The fraction of sp³-hybridized carbons (Fsp3) is 0.500. The Bertz CT molecular complexity index is 530. The van der Waals surface area contributed by atoms with Gasteiger partial charge in [-0.15, -0.1) is 0 Å². The van der Waals surface area contributed by atoms with Crippen LogP contribution in [0, 0.1) is 0 Å². The first kappa shape index (κ1) is 15.5. The van der Waals surface area contributed by atoms with E-state index in [1.165, 1.54) is 4.90 Å². The third-order valence-electron chi connectivity index (χ3n) is 3.86. The second kappa shape index (κ2) is 6.72. The number of nitrogens with one attached hydrogen (secondary N) is 1. The smallest absolute Gasteiger partial charge is 0.252 e. The van der Waals surface area contributed by atoms with Gasteiger partial charge in [-0.05, 0) is 19.4 Å². The Balaban J connectivity index is 2.14. The summed E-state index contributed by atoms with van der Waals surface area (Å²) in [5.41, 5.74) is 1.82. The summed E-state index contributed by atoms with van der Waals surface area (Å²) in [5.74, 6) is -0.238. The summed E-state index contributed by atoms with van der Waals surface area (Å²) in [5, 5.41) is 3.19. The van der Waals surface area contributed by atoms with Gasteiger partial charge in [0.15, 0.2) is 0 Å². The van der Waals surface area contributed by atoms with E-state index in [1.807, 2.05) is 38.1 Å².